The topological polar surface area (TPSA) is 54.4 Å². The maximum absolute atomic E-state index is 9.98. The summed E-state index contributed by atoms with van der Waals surface area (Å²) in [5, 5.41) is 14.8. The van der Waals surface area contributed by atoms with Crippen LogP contribution in [0.2, 0.25) is 5.02 Å². The van der Waals surface area contributed by atoms with E-state index < -0.39 is 0 Å². The number of thiazole rings is 1. The van der Waals surface area contributed by atoms with Crippen molar-refractivity contribution in [3.63, 3.8) is 0 Å². The number of hydrogen-bond acceptors (Lipinski definition) is 5. The molecule has 0 aliphatic heterocycles. The Bertz CT molecular complexity index is 572. The van der Waals surface area contributed by atoms with Crippen molar-refractivity contribution in [2.45, 2.75) is 20.0 Å². The summed E-state index contributed by atoms with van der Waals surface area (Å²) in [4.78, 5) is 5.45. The number of methoxy groups -OCH3 is 1. The fourth-order valence-electron chi connectivity index (χ4n) is 1.71. The first kappa shape index (κ1) is 14.1. The van der Waals surface area contributed by atoms with E-state index in [1.54, 1.807) is 23.5 Å². The number of rotatable bonds is 5. The number of phenolic OH excluding ortho intramolecular Hbond substituents is 1. The molecule has 2 N–H and O–H groups in total. The van der Waals surface area contributed by atoms with Gasteiger partial charge in [0.1, 0.15) is 5.01 Å². The molecule has 1 aromatic carbocycles. The fraction of sp³-hybridized carbons (Fsp3) is 0.308. The highest BCUT2D eigenvalue weighted by Crippen LogP contribution is 2.33. The zero-order chi connectivity index (χ0) is 13.8. The Morgan fingerprint density at radius 3 is 2.84 bits per heavy atom. The lowest BCUT2D eigenvalue weighted by atomic mass is 10.2. The lowest BCUT2D eigenvalue weighted by Gasteiger charge is -2.10. The average Bonchev–Trinajstić information content (AvgIpc) is 2.79. The van der Waals surface area contributed by atoms with E-state index in [1.165, 1.54) is 12.0 Å². The number of benzene rings is 1. The monoisotopic (exact) mass is 298 g/mol. The molecule has 0 aliphatic rings. The maximum atomic E-state index is 9.98. The predicted molar refractivity (Wildman–Crippen MR) is 77.1 cm³/mol. The van der Waals surface area contributed by atoms with E-state index in [9.17, 15) is 5.11 Å². The van der Waals surface area contributed by atoms with E-state index in [0.29, 0.717) is 29.4 Å². The molecular weight excluding hydrogens is 284 g/mol. The normalized spacial score (nSPS) is 10.7. The molecule has 1 aromatic heterocycles. The van der Waals surface area contributed by atoms with E-state index in [2.05, 4.69) is 10.3 Å². The molecule has 0 unspecified atom stereocenters. The standard InChI is InChI=1S/C13H15ClN2O2S/c1-8-5-16-12(19-8)7-15-6-9-3-10(14)4-11(18-2)13(9)17/h3-5,15,17H,6-7H2,1-2H3. The Kier molecular flexibility index (Phi) is 4.63. The van der Waals surface area contributed by atoms with Crippen LogP contribution in [-0.2, 0) is 13.1 Å². The minimum Gasteiger partial charge on any atom is -0.504 e. The van der Waals surface area contributed by atoms with Gasteiger partial charge < -0.3 is 15.2 Å². The van der Waals surface area contributed by atoms with Crippen LogP contribution in [-0.4, -0.2) is 17.2 Å². The van der Waals surface area contributed by atoms with Crippen molar-refractivity contribution < 1.29 is 9.84 Å². The molecule has 0 radical (unpaired) electrons. The summed E-state index contributed by atoms with van der Waals surface area (Å²) in [6.45, 7) is 3.18. The van der Waals surface area contributed by atoms with Crippen LogP contribution in [0.3, 0.4) is 0 Å². The first-order chi connectivity index (χ1) is 9.10. The van der Waals surface area contributed by atoms with Gasteiger partial charge in [-0.3, -0.25) is 0 Å². The number of hydrogen-bond donors (Lipinski definition) is 2. The summed E-state index contributed by atoms with van der Waals surface area (Å²) in [7, 11) is 1.50. The van der Waals surface area contributed by atoms with E-state index >= 15 is 0 Å². The smallest absolute Gasteiger partial charge is 0.162 e. The second-order valence-corrected chi connectivity index (χ2v) is 5.84. The second-order valence-electron chi connectivity index (χ2n) is 4.08. The molecule has 2 aromatic rings. The molecule has 0 spiro atoms. The number of nitrogens with zero attached hydrogens (tertiary/aromatic N) is 1. The first-order valence-corrected chi connectivity index (χ1v) is 6.97. The van der Waals surface area contributed by atoms with Crippen LogP contribution in [0.25, 0.3) is 0 Å². The van der Waals surface area contributed by atoms with Crippen LogP contribution < -0.4 is 10.1 Å². The summed E-state index contributed by atoms with van der Waals surface area (Å²) in [6.07, 6.45) is 1.85. The van der Waals surface area contributed by atoms with E-state index in [-0.39, 0.29) is 5.75 Å². The third-order valence-corrected chi connectivity index (χ3v) is 3.73. The Labute approximate surface area is 121 Å². The van der Waals surface area contributed by atoms with Crippen molar-refractivity contribution in [2.75, 3.05) is 7.11 Å². The predicted octanol–water partition coefficient (Wildman–Crippen LogP) is 3.11. The zero-order valence-electron chi connectivity index (χ0n) is 10.7. The van der Waals surface area contributed by atoms with Gasteiger partial charge in [-0.2, -0.15) is 0 Å². The minimum absolute atomic E-state index is 0.120. The summed E-state index contributed by atoms with van der Waals surface area (Å²) in [5.74, 6) is 0.504. The van der Waals surface area contributed by atoms with Gasteiger partial charge in [-0.1, -0.05) is 11.6 Å². The number of halogens is 1. The molecule has 4 nitrogen and oxygen atoms in total. The van der Waals surface area contributed by atoms with Gasteiger partial charge in [0.2, 0.25) is 0 Å². The molecule has 0 saturated heterocycles. The third kappa shape index (κ3) is 3.59. The van der Waals surface area contributed by atoms with Crippen LogP contribution in [0.5, 0.6) is 11.5 Å². The summed E-state index contributed by atoms with van der Waals surface area (Å²) in [6, 6.07) is 3.31. The van der Waals surface area contributed by atoms with Crippen molar-refractivity contribution in [1.29, 1.82) is 0 Å². The maximum Gasteiger partial charge on any atom is 0.162 e. The number of nitrogens with one attached hydrogen (secondary N) is 1. The van der Waals surface area contributed by atoms with Crippen molar-refractivity contribution in [3.8, 4) is 11.5 Å². The van der Waals surface area contributed by atoms with Crippen LogP contribution >= 0.6 is 22.9 Å². The minimum atomic E-state index is 0.120. The van der Waals surface area contributed by atoms with Gasteiger partial charge in [0.15, 0.2) is 11.5 Å². The largest absolute Gasteiger partial charge is 0.504 e. The van der Waals surface area contributed by atoms with Gasteiger partial charge in [0.25, 0.3) is 0 Å². The molecule has 19 heavy (non-hydrogen) atoms. The van der Waals surface area contributed by atoms with E-state index in [0.717, 1.165) is 5.01 Å². The van der Waals surface area contributed by atoms with Crippen molar-refractivity contribution >= 4 is 22.9 Å². The Morgan fingerprint density at radius 2 is 2.21 bits per heavy atom. The molecule has 102 valence electrons. The highest BCUT2D eigenvalue weighted by molar-refractivity contribution is 7.11. The number of aromatic hydroxyl groups is 1. The molecule has 0 bridgehead atoms. The Balaban J connectivity index is 2.01. The summed E-state index contributed by atoms with van der Waals surface area (Å²) < 4.78 is 5.06. The lowest BCUT2D eigenvalue weighted by Crippen LogP contribution is -2.12. The molecule has 0 aliphatic carbocycles. The first-order valence-electron chi connectivity index (χ1n) is 5.77. The Hall–Kier alpha value is -1.30. The average molecular weight is 299 g/mol. The van der Waals surface area contributed by atoms with Crippen LogP contribution in [0.4, 0.5) is 0 Å². The third-order valence-electron chi connectivity index (χ3n) is 2.60. The van der Waals surface area contributed by atoms with Gasteiger partial charge in [-0.05, 0) is 13.0 Å². The molecule has 0 fully saturated rings. The summed E-state index contributed by atoms with van der Waals surface area (Å²) in [5.41, 5.74) is 0.706. The van der Waals surface area contributed by atoms with Crippen molar-refractivity contribution in [1.82, 2.24) is 10.3 Å². The molecule has 2 rings (SSSR count). The quantitative estimate of drug-likeness (QED) is 0.890. The molecule has 1 heterocycles. The second kappa shape index (κ2) is 6.23. The van der Waals surface area contributed by atoms with Crippen LogP contribution in [0, 0.1) is 6.92 Å². The van der Waals surface area contributed by atoms with Gasteiger partial charge in [-0.15, -0.1) is 11.3 Å². The number of aromatic nitrogens is 1. The summed E-state index contributed by atoms with van der Waals surface area (Å²) >= 11 is 7.62. The number of aryl methyl sites for hydroxylation is 1. The molecular formula is C13H15ClN2O2S. The lowest BCUT2D eigenvalue weighted by molar-refractivity contribution is 0.369. The van der Waals surface area contributed by atoms with Gasteiger partial charge >= 0.3 is 0 Å². The van der Waals surface area contributed by atoms with Gasteiger partial charge in [0.05, 0.1) is 7.11 Å². The van der Waals surface area contributed by atoms with E-state index in [4.69, 9.17) is 16.3 Å². The molecule has 6 heteroatoms. The van der Waals surface area contributed by atoms with Crippen LogP contribution in [0.15, 0.2) is 18.3 Å². The van der Waals surface area contributed by atoms with Gasteiger partial charge in [-0.25, -0.2) is 4.98 Å². The van der Waals surface area contributed by atoms with Crippen LogP contribution in [0.1, 0.15) is 15.4 Å². The fourth-order valence-corrected chi connectivity index (χ4v) is 2.69. The SMILES string of the molecule is COc1cc(Cl)cc(CNCc2ncc(C)s2)c1O. The van der Waals surface area contributed by atoms with Crippen molar-refractivity contribution in [2.24, 2.45) is 0 Å². The van der Waals surface area contributed by atoms with E-state index in [1.807, 2.05) is 13.1 Å². The Morgan fingerprint density at radius 1 is 1.42 bits per heavy atom. The van der Waals surface area contributed by atoms with Crippen molar-refractivity contribution in [3.05, 3.63) is 38.8 Å². The number of phenols is 1. The highest BCUT2D eigenvalue weighted by atomic mass is 35.5. The zero-order valence-corrected chi connectivity index (χ0v) is 12.3. The molecule has 0 amide bonds. The number of ether oxygens (including phenoxy) is 1. The molecule has 0 saturated carbocycles. The van der Waals surface area contributed by atoms with Gasteiger partial charge in [0, 0.05) is 40.8 Å². The molecule has 0 atom stereocenters. The highest BCUT2D eigenvalue weighted by Gasteiger charge is 2.10.